The molecule has 2 unspecified atom stereocenters. The van der Waals surface area contributed by atoms with Crippen LogP contribution < -0.4 is 0 Å². The number of carbonyl (C=O) groups is 2. The van der Waals surface area contributed by atoms with Crippen LogP contribution in [0.5, 0.6) is 0 Å². The zero-order valence-electron chi connectivity index (χ0n) is 14.5. The number of ketones is 1. The van der Waals surface area contributed by atoms with E-state index in [0.717, 1.165) is 11.8 Å². The highest BCUT2D eigenvalue weighted by Gasteiger charge is 2.64. The van der Waals surface area contributed by atoms with Crippen LogP contribution in [-0.2, 0) is 9.59 Å². The van der Waals surface area contributed by atoms with Gasteiger partial charge in [0, 0.05) is 0 Å². The van der Waals surface area contributed by atoms with Crippen LogP contribution in [0.2, 0.25) is 0 Å². The summed E-state index contributed by atoms with van der Waals surface area (Å²) in [6.45, 7) is 5.74. The molecule has 4 heteroatoms. The van der Waals surface area contributed by atoms with Crippen molar-refractivity contribution in [3.05, 3.63) is 0 Å². The molecule has 0 aromatic rings. The Bertz CT molecular complexity index is 513. The fourth-order valence-electron chi connectivity index (χ4n) is 6.81. The topological polar surface area (TPSA) is 57.6 Å². The van der Waals surface area contributed by atoms with Crippen LogP contribution in [0.15, 0.2) is 0 Å². The van der Waals surface area contributed by atoms with E-state index in [2.05, 4.69) is 4.90 Å². The number of rotatable bonds is 4. The van der Waals surface area contributed by atoms with Gasteiger partial charge in [-0.1, -0.05) is 6.92 Å². The Hall–Kier alpha value is -0.900. The number of nitrogens with zero attached hydrogens (tertiary/aromatic N) is 1. The first-order chi connectivity index (χ1) is 10.8. The van der Waals surface area contributed by atoms with Crippen LogP contribution in [-0.4, -0.2) is 39.4 Å². The lowest BCUT2D eigenvalue weighted by Gasteiger charge is -2.64. The maximum absolute atomic E-state index is 12.9. The third-order valence-corrected chi connectivity index (χ3v) is 7.49. The van der Waals surface area contributed by atoms with Crippen molar-refractivity contribution in [1.29, 1.82) is 0 Å². The Morgan fingerprint density at radius 3 is 2.13 bits per heavy atom. The minimum Gasteiger partial charge on any atom is -0.480 e. The SMILES string of the molecule is CCC(C(=O)O)N1C(C2C3CC4CC(C3)CC2C4)C(=O)C1(C)C. The van der Waals surface area contributed by atoms with Gasteiger partial charge in [-0.05, 0) is 82.0 Å². The second kappa shape index (κ2) is 5.05. The first-order valence-electron chi connectivity index (χ1n) is 9.40. The van der Waals surface area contributed by atoms with Crippen LogP contribution in [0.4, 0.5) is 0 Å². The molecular formula is C19H29NO3. The number of Topliss-reactive ketones (excluding diaryl/α,β-unsaturated/α-hetero) is 1. The third-order valence-electron chi connectivity index (χ3n) is 7.49. The first-order valence-corrected chi connectivity index (χ1v) is 9.40. The van der Waals surface area contributed by atoms with Gasteiger partial charge in [0.1, 0.15) is 6.04 Å². The minimum absolute atomic E-state index is 0.138. The van der Waals surface area contributed by atoms with E-state index < -0.39 is 17.6 Å². The number of hydrogen-bond donors (Lipinski definition) is 1. The van der Waals surface area contributed by atoms with Crippen molar-refractivity contribution in [1.82, 2.24) is 4.90 Å². The summed E-state index contributed by atoms with van der Waals surface area (Å²) in [5, 5.41) is 9.64. The summed E-state index contributed by atoms with van der Waals surface area (Å²) in [4.78, 5) is 26.7. The van der Waals surface area contributed by atoms with Gasteiger partial charge in [0.2, 0.25) is 0 Å². The summed E-state index contributed by atoms with van der Waals surface area (Å²) < 4.78 is 0. The number of likely N-dealkylation sites (tertiary alicyclic amines) is 1. The number of hydrogen-bond acceptors (Lipinski definition) is 3. The van der Waals surface area contributed by atoms with E-state index in [1.165, 1.54) is 32.1 Å². The van der Waals surface area contributed by atoms with Gasteiger partial charge in [0.25, 0.3) is 0 Å². The molecule has 4 saturated carbocycles. The monoisotopic (exact) mass is 319 g/mol. The van der Waals surface area contributed by atoms with Crippen LogP contribution in [0.3, 0.4) is 0 Å². The zero-order valence-corrected chi connectivity index (χ0v) is 14.5. The van der Waals surface area contributed by atoms with E-state index in [0.29, 0.717) is 24.2 Å². The molecule has 0 radical (unpaired) electrons. The number of carboxylic acids is 1. The predicted molar refractivity (Wildman–Crippen MR) is 87.0 cm³/mol. The molecule has 0 spiro atoms. The molecule has 0 aromatic heterocycles. The van der Waals surface area contributed by atoms with Crippen molar-refractivity contribution in [3.8, 4) is 0 Å². The molecule has 4 aliphatic carbocycles. The molecule has 1 saturated heterocycles. The molecule has 4 nitrogen and oxygen atoms in total. The van der Waals surface area contributed by atoms with Crippen molar-refractivity contribution >= 4 is 11.8 Å². The summed E-state index contributed by atoms with van der Waals surface area (Å²) in [7, 11) is 0. The molecule has 128 valence electrons. The van der Waals surface area contributed by atoms with Gasteiger partial charge in [-0.3, -0.25) is 14.5 Å². The predicted octanol–water partition coefficient (Wildman–Crippen LogP) is 2.95. The molecule has 23 heavy (non-hydrogen) atoms. The maximum atomic E-state index is 12.9. The first kappa shape index (κ1) is 15.6. The molecule has 4 bridgehead atoms. The summed E-state index contributed by atoms with van der Waals surface area (Å²) >= 11 is 0. The normalized spacial score (nSPS) is 45.8. The van der Waals surface area contributed by atoms with Crippen LogP contribution in [0.25, 0.3) is 0 Å². The van der Waals surface area contributed by atoms with E-state index in [1.807, 2.05) is 20.8 Å². The largest absolute Gasteiger partial charge is 0.480 e. The second-order valence-electron chi connectivity index (χ2n) is 9.05. The Kier molecular flexibility index (Phi) is 3.43. The van der Waals surface area contributed by atoms with Gasteiger partial charge in [0.15, 0.2) is 5.78 Å². The summed E-state index contributed by atoms with van der Waals surface area (Å²) in [6.07, 6.45) is 7.08. The maximum Gasteiger partial charge on any atom is 0.320 e. The lowest BCUT2D eigenvalue weighted by molar-refractivity contribution is -0.188. The second-order valence-corrected chi connectivity index (χ2v) is 9.05. The lowest BCUT2D eigenvalue weighted by Crippen LogP contribution is -2.78. The van der Waals surface area contributed by atoms with Crippen LogP contribution in [0.1, 0.15) is 59.3 Å². The Balaban J connectivity index is 1.64. The highest BCUT2D eigenvalue weighted by Crippen LogP contribution is 2.60. The molecule has 5 aliphatic rings. The standard InChI is InChI=1S/C19H29NO3/c1-4-14(18(22)23)20-16(17(21)19(20,2)3)15-12-6-10-5-11(8-12)9-13(15)7-10/h10-16H,4-9H2,1-3H3,(H,22,23). The molecule has 5 fully saturated rings. The summed E-state index contributed by atoms with van der Waals surface area (Å²) in [5.74, 6) is 3.00. The molecule has 2 atom stereocenters. The minimum atomic E-state index is -0.776. The Labute approximate surface area is 138 Å². The fraction of sp³-hybridized carbons (Fsp3) is 0.895. The Morgan fingerprint density at radius 2 is 1.70 bits per heavy atom. The molecule has 0 amide bonds. The average Bonchev–Trinajstić information content (AvgIpc) is 2.47. The van der Waals surface area contributed by atoms with Gasteiger partial charge in [0.05, 0.1) is 11.6 Å². The van der Waals surface area contributed by atoms with E-state index in [1.54, 1.807) is 0 Å². The van der Waals surface area contributed by atoms with Crippen LogP contribution in [0, 0.1) is 29.6 Å². The number of carboxylic acid groups (broad SMARTS) is 1. The van der Waals surface area contributed by atoms with Crippen molar-refractivity contribution in [2.24, 2.45) is 29.6 Å². The quantitative estimate of drug-likeness (QED) is 0.865. The van der Waals surface area contributed by atoms with E-state index >= 15 is 0 Å². The molecule has 0 aromatic carbocycles. The number of carbonyl (C=O) groups excluding carboxylic acids is 1. The molecule has 5 rings (SSSR count). The lowest BCUT2D eigenvalue weighted by atomic mass is 9.48. The molecule has 1 N–H and O–H groups in total. The van der Waals surface area contributed by atoms with Crippen molar-refractivity contribution in [2.75, 3.05) is 0 Å². The summed E-state index contributed by atoms with van der Waals surface area (Å²) in [5.41, 5.74) is -0.613. The number of aliphatic carboxylic acids is 1. The van der Waals surface area contributed by atoms with Gasteiger partial charge in [-0.25, -0.2) is 0 Å². The fourth-order valence-corrected chi connectivity index (χ4v) is 6.81. The summed E-state index contributed by atoms with van der Waals surface area (Å²) in [6, 6.07) is -0.661. The highest BCUT2D eigenvalue weighted by atomic mass is 16.4. The molecule has 1 aliphatic heterocycles. The van der Waals surface area contributed by atoms with Gasteiger partial charge < -0.3 is 5.11 Å². The highest BCUT2D eigenvalue weighted by molar-refractivity contribution is 6.00. The van der Waals surface area contributed by atoms with Gasteiger partial charge in [-0.2, -0.15) is 0 Å². The van der Waals surface area contributed by atoms with Crippen molar-refractivity contribution in [3.63, 3.8) is 0 Å². The smallest absolute Gasteiger partial charge is 0.320 e. The van der Waals surface area contributed by atoms with Crippen molar-refractivity contribution in [2.45, 2.75) is 76.9 Å². The Morgan fingerprint density at radius 1 is 1.17 bits per heavy atom. The van der Waals surface area contributed by atoms with E-state index in [4.69, 9.17) is 0 Å². The van der Waals surface area contributed by atoms with Gasteiger partial charge >= 0.3 is 5.97 Å². The average molecular weight is 319 g/mol. The molecular weight excluding hydrogens is 290 g/mol. The van der Waals surface area contributed by atoms with Crippen LogP contribution >= 0.6 is 0 Å². The van der Waals surface area contributed by atoms with Crippen molar-refractivity contribution < 1.29 is 14.7 Å². The zero-order chi connectivity index (χ0) is 16.5. The van der Waals surface area contributed by atoms with Gasteiger partial charge in [-0.15, -0.1) is 0 Å². The van der Waals surface area contributed by atoms with E-state index in [-0.39, 0.29) is 11.8 Å². The van der Waals surface area contributed by atoms with E-state index in [9.17, 15) is 14.7 Å². The molecule has 1 heterocycles. The third kappa shape index (κ3) is 2.06.